The number of benzene rings is 1. The van der Waals surface area contributed by atoms with Gasteiger partial charge in [-0.2, -0.15) is 0 Å². The second kappa shape index (κ2) is 24.9. The van der Waals surface area contributed by atoms with Crippen molar-refractivity contribution < 1.29 is 33.0 Å². The van der Waals surface area contributed by atoms with Crippen LogP contribution >= 0.6 is 51.2 Å². The monoisotopic (exact) mass is 1010 g/mol. The molecular weight excluding hydrogens is 945 g/mol. The van der Waals surface area contributed by atoms with E-state index in [0.29, 0.717) is 9.65 Å². The molecule has 0 N–H and O–H groups in total. The van der Waals surface area contributed by atoms with Crippen molar-refractivity contribution in [1.82, 2.24) is 9.80 Å². The topological polar surface area (TPSA) is 34.7 Å². The molecule has 5 fully saturated rings. The molecule has 0 bridgehead atoms. The van der Waals surface area contributed by atoms with Crippen LogP contribution in [-0.2, 0) is 33.0 Å². The maximum Gasteiger partial charge on any atom is 0 e. The van der Waals surface area contributed by atoms with Crippen LogP contribution in [0, 0.1) is 42.2 Å². The van der Waals surface area contributed by atoms with Crippen LogP contribution in [0.15, 0.2) is 30.3 Å². The third-order valence-electron chi connectivity index (χ3n) is 10.4. The average Bonchev–Trinajstić information content (AvgIpc) is 3.47. The molecule has 5 aliphatic rings. The van der Waals surface area contributed by atoms with Gasteiger partial charge in [-0.1, -0.05) is 86.2 Å². The van der Waals surface area contributed by atoms with E-state index in [9.17, 15) is 0 Å². The molecule has 2 unspecified atom stereocenters. The number of nitrogens with zero attached hydrogens (tertiary/aromatic N) is 4. The number of hydrogen-bond acceptors (Lipinski definition) is 2. The Morgan fingerprint density at radius 2 is 1.10 bits per heavy atom. The summed E-state index contributed by atoms with van der Waals surface area (Å²) in [5.74, 6) is 5.18. The van der Waals surface area contributed by atoms with Crippen LogP contribution in [0.3, 0.4) is 0 Å². The number of alkyl halides is 2. The van der Waals surface area contributed by atoms with E-state index in [4.69, 9.17) is 19.4 Å². The Morgan fingerprint density at radius 3 is 1.40 bits per heavy atom. The second-order valence-electron chi connectivity index (χ2n) is 15.1. The summed E-state index contributed by atoms with van der Waals surface area (Å²) in [6.07, 6.45) is 10.8. The number of rotatable bonds is 3. The van der Waals surface area contributed by atoms with Crippen molar-refractivity contribution in [3.8, 4) is 0 Å². The Hall–Kier alpha value is 1.72. The molecule has 2 saturated carbocycles. The fourth-order valence-electron chi connectivity index (χ4n) is 8.81. The predicted molar refractivity (Wildman–Crippen MR) is 212 cm³/mol. The van der Waals surface area contributed by atoms with Crippen LogP contribution in [0.1, 0.15) is 98.5 Å². The molecule has 2 aliphatic carbocycles. The van der Waals surface area contributed by atoms with Gasteiger partial charge in [-0.05, 0) is 109 Å². The maximum absolute atomic E-state index is 5.67. The summed E-state index contributed by atoms with van der Waals surface area (Å²) < 4.78 is 1.92. The molecule has 282 valence electrons. The minimum Gasteiger partial charge on any atom is 0 e. The summed E-state index contributed by atoms with van der Waals surface area (Å²) in [6.45, 7) is 24.1. The van der Waals surface area contributed by atoms with Crippen molar-refractivity contribution >= 4 is 55.9 Å². The minimum absolute atomic E-state index is 0. The van der Waals surface area contributed by atoms with Gasteiger partial charge in [-0.3, -0.25) is 0 Å². The summed E-state index contributed by atoms with van der Waals surface area (Å²) in [5.41, 5.74) is 1.12. The summed E-state index contributed by atoms with van der Waals surface area (Å²) in [7, 11) is 11.3. The molecule has 6 atom stereocenters. The Morgan fingerprint density at radius 1 is 0.708 bits per heavy atom. The molecule has 6 rings (SSSR count). The first kappa shape index (κ1) is 45.9. The number of piperidine rings is 2. The molecule has 0 aromatic heterocycles. The fraction of sp³-hybridized carbons (Fsp3) is 0.789. The Bertz CT molecular complexity index is 936. The third-order valence-corrected chi connectivity index (χ3v) is 13.8. The van der Waals surface area contributed by atoms with Gasteiger partial charge in [0.15, 0.2) is 0 Å². The van der Waals surface area contributed by atoms with Crippen LogP contribution in [0.25, 0.3) is 10.6 Å². The zero-order chi connectivity index (χ0) is 34.3. The van der Waals surface area contributed by atoms with E-state index in [1.807, 2.05) is 34.9 Å². The summed E-state index contributed by atoms with van der Waals surface area (Å²) in [5, 5.41) is 8.42. The molecular formula is C38H63Br2Cl2N4Ru2-3. The van der Waals surface area contributed by atoms with Crippen LogP contribution in [-0.4, -0.2) is 75.4 Å². The molecule has 3 saturated heterocycles. The standard InChI is InChI=1S/C21H39N2.C7H6.2C5H9BrN.2ClH.2Ru/c1-14-9-16(3)20(17(4)10-14)22-7-8-23(13-22)21-18(5)11-15(2)12-19(21)6;1-7-5-3-2-4-6-7;2*6-5-2-1-3-7-4-5;;;;/h13-21H,7-12H2,1-6H3;1-6H;2*5H,1-4H2;2*1H;;/q-1;;2*-1;;;;+2/p-2/t14?,15?,16-,17-,18+,19+,20?,21?;;;;;;;. The second-order valence-corrected chi connectivity index (χ2v) is 23.4. The van der Waals surface area contributed by atoms with E-state index in [-0.39, 0.29) is 19.5 Å². The van der Waals surface area contributed by atoms with Gasteiger partial charge in [0, 0.05) is 19.5 Å². The van der Waals surface area contributed by atoms with Crippen LogP contribution in [0.4, 0.5) is 0 Å². The van der Waals surface area contributed by atoms with Crippen molar-refractivity contribution in [2.45, 2.75) is 115 Å². The van der Waals surface area contributed by atoms with Gasteiger partial charge in [0.2, 0.25) is 0 Å². The van der Waals surface area contributed by atoms with Gasteiger partial charge in [0.1, 0.15) is 0 Å². The van der Waals surface area contributed by atoms with E-state index in [1.54, 1.807) is 0 Å². The molecule has 0 amide bonds. The SMILES string of the molecule is BrC1CCC[N-]C1.BrC1CCC[N-]C1.CC1C[C@@H](C)C(N2[CH-]N(C3[C@@H](C)CC(C)C[C@@H]3C)CC2)[C@H](C)C1.[Cl][Ru]([Cl])=[CH]c1ccccc1.[Ru]. The molecule has 3 heterocycles. The normalized spacial score (nSPS) is 36.0. The van der Waals surface area contributed by atoms with Gasteiger partial charge in [0.25, 0.3) is 0 Å². The quantitative estimate of drug-likeness (QED) is 0.172. The molecule has 1 aromatic rings. The van der Waals surface area contributed by atoms with E-state index < -0.39 is 13.5 Å². The summed E-state index contributed by atoms with van der Waals surface area (Å²) in [4.78, 5) is 6.81. The number of hydrogen-bond donors (Lipinski definition) is 0. The Labute approximate surface area is 338 Å². The number of halogens is 4. The minimum atomic E-state index is -1.61. The van der Waals surface area contributed by atoms with Gasteiger partial charge < -0.3 is 20.4 Å². The molecule has 1 aromatic carbocycles. The summed E-state index contributed by atoms with van der Waals surface area (Å²) >= 11 is 5.37. The Balaban J connectivity index is 0.000000262. The first-order valence-corrected chi connectivity index (χ1v) is 25.5. The largest absolute Gasteiger partial charge is 0 e. The molecule has 0 radical (unpaired) electrons. The van der Waals surface area contributed by atoms with Crippen molar-refractivity contribution in [3.05, 3.63) is 53.2 Å². The molecule has 48 heavy (non-hydrogen) atoms. The average molecular weight is 1010 g/mol. The zero-order valence-electron chi connectivity index (χ0n) is 30.2. The maximum atomic E-state index is 5.67. The smallest absolute Gasteiger partial charge is 0 e. The van der Waals surface area contributed by atoms with Gasteiger partial charge in [-0.15, -0.1) is 26.2 Å². The van der Waals surface area contributed by atoms with Crippen molar-refractivity contribution in [3.63, 3.8) is 0 Å². The van der Waals surface area contributed by atoms with Gasteiger partial charge >= 0.3 is 73.4 Å². The van der Waals surface area contributed by atoms with E-state index in [2.05, 4.69) is 101 Å². The molecule has 0 spiro atoms. The van der Waals surface area contributed by atoms with E-state index >= 15 is 0 Å². The fourth-order valence-corrected chi connectivity index (χ4v) is 11.7. The van der Waals surface area contributed by atoms with Crippen molar-refractivity contribution in [2.24, 2.45) is 35.5 Å². The van der Waals surface area contributed by atoms with Crippen LogP contribution < -0.4 is 0 Å². The Kier molecular flexibility index (Phi) is 23.8. The first-order valence-electron chi connectivity index (χ1n) is 18.2. The molecule has 4 nitrogen and oxygen atoms in total. The van der Waals surface area contributed by atoms with Gasteiger partial charge in [0.05, 0.1) is 0 Å². The van der Waals surface area contributed by atoms with Crippen LogP contribution in [0.2, 0.25) is 0 Å². The zero-order valence-corrected chi connectivity index (χ0v) is 38.4. The van der Waals surface area contributed by atoms with Crippen LogP contribution in [0.5, 0.6) is 0 Å². The first-order chi connectivity index (χ1) is 22.4. The summed E-state index contributed by atoms with van der Waals surface area (Å²) in [6, 6.07) is 11.4. The third kappa shape index (κ3) is 16.8. The van der Waals surface area contributed by atoms with E-state index in [1.165, 1.54) is 64.5 Å². The molecule has 3 aliphatic heterocycles. The van der Waals surface area contributed by atoms with Crippen molar-refractivity contribution in [1.29, 1.82) is 0 Å². The van der Waals surface area contributed by atoms with Gasteiger partial charge in [-0.25, -0.2) is 6.67 Å². The van der Waals surface area contributed by atoms with Crippen molar-refractivity contribution in [2.75, 3.05) is 39.3 Å². The molecule has 10 heteroatoms. The van der Waals surface area contributed by atoms with E-state index in [0.717, 1.165) is 79.3 Å². The predicted octanol–water partition coefficient (Wildman–Crippen LogP) is 11.5.